The number of benzene rings is 2. The number of rotatable bonds is 7. The van der Waals surface area contributed by atoms with Gasteiger partial charge in [-0.1, -0.05) is 43.6 Å². The Morgan fingerprint density at radius 1 is 1.03 bits per heavy atom. The molecule has 1 aliphatic rings. The first-order chi connectivity index (χ1) is 16.9. The van der Waals surface area contributed by atoms with E-state index in [-0.39, 0.29) is 17.7 Å². The van der Waals surface area contributed by atoms with Gasteiger partial charge in [0.1, 0.15) is 5.75 Å². The van der Waals surface area contributed by atoms with Crippen LogP contribution >= 0.6 is 11.6 Å². The lowest BCUT2D eigenvalue weighted by molar-refractivity contribution is -0.132. The van der Waals surface area contributed by atoms with Crippen molar-refractivity contribution in [3.63, 3.8) is 0 Å². The van der Waals surface area contributed by atoms with Crippen LogP contribution in [-0.2, 0) is 11.2 Å². The largest absolute Gasteiger partial charge is 0.497 e. The van der Waals surface area contributed by atoms with E-state index in [0.29, 0.717) is 49.6 Å². The minimum atomic E-state index is -0.0488. The minimum absolute atomic E-state index is 0.0488. The number of halogens is 1. The van der Waals surface area contributed by atoms with E-state index >= 15 is 0 Å². The predicted molar refractivity (Wildman–Crippen MR) is 136 cm³/mol. The maximum absolute atomic E-state index is 13.4. The van der Waals surface area contributed by atoms with Crippen LogP contribution in [0.2, 0.25) is 5.02 Å². The van der Waals surface area contributed by atoms with Gasteiger partial charge in [-0.05, 0) is 48.2 Å². The number of piperazine rings is 1. The highest BCUT2D eigenvalue weighted by Crippen LogP contribution is 2.26. The summed E-state index contributed by atoms with van der Waals surface area (Å²) in [6.45, 7) is 6.18. The van der Waals surface area contributed by atoms with Crippen molar-refractivity contribution in [2.24, 2.45) is 0 Å². The number of carbonyl (C=O) groups excluding carboxylic acids is 2. The monoisotopic (exact) mass is 494 g/mol. The number of carbonyl (C=O) groups is 2. The number of ether oxygens (including phenoxy) is 1. The van der Waals surface area contributed by atoms with Crippen molar-refractivity contribution in [1.82, 2.24) is 19.6 Å². The van der Waals surface area contributed by atoms with Gasteiger partial charge in [-0.25, -0.2) is 4.68 Å². The molecule has 0 radical (unpaired) electrons. The first kappa shape index (κ1) is 24.8. The molecule has 0 bridgehead atoms. The Balaban J connectivity index is 1.37. The van der Waals surface area contributed by atoms with Crippen LogP contribution in [0.3, 0.4) is 0 Å². The van der Waals surface area contributed by atoms with Gasteiger partial charge >= 0.3 is 0 Å². The van der Waals surface area contributed by atoms with Gasteiger partial charge in [-0.3, -0.25) is 9.59 Å². The van der Waals surface area contributed by atoms with Crippen molar-refractivity contribution < 1.29 is 14.3 Å². The standard InChI is InChI=1S/C27H31ClN4O3/c1-19(2)26-24(18-29-32(26)22-6-4-5-21(28)17-22)27(34)31-15-13-30(14-16-31)25(33)12-9-20-7-10-23(35-3)11-8-20/h4-8,10-11,17-19H,9,12-16H2,1-3H3. The number of nitrogens with zero attached hydrogens (tertiary/aromatic N) is 4. The number of methoxy groups -OCH3 is 1. The first-order valence-corrected chi connectivity index (χ1v) is 12.3. The molecule has 1 fully saturated rings. The molecule has 2 amide bonds. The highest BCUT2D eigenvalue weighted by Gasteiger charge is 2.28. The van der Waals surface area contributed by atoms with Gasteiger partial charge in [0.05, 0.1) is 30.3 Å². The lowest BCUT2D eigenvalue weighted by Crippen LogP contribution is -2.50. The summed E-state index contributed by atoms with van der Waals surface area (Å²) in [5.41, 5.74) is 3.38. The molecular formula is C27H31ClN4O3. The summed E-state index contributed by atoms with van der Waals surface area (Å²) >= 11 is 6.17. The van der Waals surface area contributed by atoms with E-state index in [1.165, 1.54) is 0 Å². The molecule has 0 spiro atoms. The fourth-order valence-corrected chi connectivity index (χ4v) is 4.61. The maximum Gasteiger partial charge on any atom is 0.257 e. The predicted octanol–water partition coefficient (Wildman–Crippen LogP) is 4.57. The summed E-state index contributed by atoms with van der Waals surface area (Å²) in [5.74, 6) is 0.965. The van der Waals surface area contributed by atoms with Crippen molar-refractivity contribution in [2.45, 2.75) is 32.6 Å². The van der Waals surface area contributed by atoms with Crippen molar-refractivity contribution in [3.05, 3.63) is 76.6 Å². The molecule has 3 aromatic rings. The number of aromatic nitrogens is 2. The Bertz CT molecular complexity index is 1180. The lowest BCUT2D eigenvalue weighted by Gasteiger charge is -2.35. The Morgan fingerprint density at radius 2 is 1.71 bits per heavy atom. The van der Waals surface area contributed by atoms with E-state index in [1.54, 1.807) is 18.0 Å². The van der Waals surface area contributed by atoms with Crippen LogP contribution in [0, 0.1) is 0 Å². The van der Waals surface area contributed by atoms with E-state index in [0.717, 1.165) is 22.7 Å². The van der Waals surface area contributed by atoms with Crippen LogP contribution in [0.4, 0.5) is 0 Å². The summed E-state index contributed by atoms with van der Waals surface area (Å²) in [7, 11) is 1.64. The van der Waals surface area contributed by atoms with Crippen molar-refractivity contribution >= 4 is 23.4 Å². The highest BCUT2D eigenvalue weighted by atomic mass is 35.5. The quantitative estimate of drug-likeness (QED) is 0.482. The Kier molecular flexibility index (Phi) is 7.76. The molecule has 8 heteroatoms. The second kappa shape index (κ2) is 11.0. The van der Waals surface area contributed by atoms with E-state index in [2.05, 4.69) is 5.10 Å². The second-order valence-corrected chi connectivity index (χ2v) is 9.45. The van der Waals surface area contributed by atoms with E-state index in [9.17, 15) is 9.59 Å². The third-order valence-electron chi connectivity index (χ3n) is 6.34. The van der Waals surface area contributed by atoms with Gasteiger partial charge in [0, 0.05) is 37.6 Å². The molecule has 4 rings (SSSR count). The third kappa shape index (κ3) is 5.68. The van der Waals surface area contributed by atoms with Crippen LogP contribution in [-0.4, -0.2) is 64.7 Å². The highest BCUT2D eigenvalue weighted by molar-refractivity contribution is 6.30. The second-order valence-electron chi connectivity index (χ2n) is 9.01. The zero-order valence-corrected chi connectivity index (χ0v) is 21.2. The molecule has 7 nitrogen and oxygen atoms in total. The maximum atomic E-state index is 13.4. The molecular weight excluding hydrogens is 464 g/mol. The summed E-state index contributed by atoms with van der Waals surface area (Å²) in [5, 5.41) is 5.13. The van der Waals surface area contributed by atoms with Gasteiger partial charge in [0.15, 0.2) is 0 Å². The zero-order chi connectivity index (χ0) is 24.9. The van der Waals surface area contributed by atoms with Gasteiger partial charge in [-0.2, -0.15) is 5.10 Å². The number of hydrogen-bond donors (Lipinski definition) is 0. The normalized spacial score (nSPS) is 13.9. The van der Waals surface area contributed by atoms with Crippen LogP contribution in [0.5, 0.6) is 5.75 Å². The number of aryl methyl sites for hydroxylation is 1. The molecule has 0 saturated carbocycles. The smallest absolute Gasteiger partial charge is 0.257 e. The van der Waals surface area contributed by atoms with Crippen molar-refractivity contribution in [3.8, 4) is 11.4 Å². The summed E-state index contributed by atoms with van der Waals surface area (Å²) in [6, 6.07) is 15.2. The first-order valence-electron chi connectivity index (χ1n) is 11.9. The Hall–Kier alpha value is -3.32. The molecule has 1 saturated heterocycles. The molecule has 0 atom stereocenters. The minimum Gasteiger partial charge on any atom is -0.497 e. The number of amides is 2. The van der Waals surface area contributed by atoms with E-state index in [1.807, 2.05) is 72.2 Å². The fraction of sp³-hybridized carbons (Fsp3) is 0.370. The molecule has 0 aliphatic carbocycles. The van der Waals surface area contributed by atoms with E-state index in [4.69, 9.17) is 16.3 Å². The summed E-state index contributed by atoms with van der Waals surface area (Å²) < 4.78 is 6.98. The molecule has 2 heterocycles. The molecule has 1 aliphatic heterocycles. The van der Waals surface area contributed by atoms with Crippen LogP contribution in [0.15, 0.2) is 54.7 Å². The van der Waals surface area contributed by atoms with Crippen molar-refractivity contribution in [2.75, 3.05) is 33.3 Å². The van der Waals surface area contributed by atoms with Crippen LogP contribution in [0.1, 0.15) is 47.8 Å². The molecule has 2 aromatic carbocycles. The molecule has 0 unspecified atom stereocenters. The Labute approximate surface area is 211 Å². The average Bonchev–Trinajstić information content (AvgIpc) is 3.33. The van der Waals surface area contributed by atoms with Gasteiger partial charge in [-0.15, -0.1) is 0 Å². The van der Waals surface area contributed by atoms with Crippen LogP contribution in [0.25, 0.3) is 5.69 Å². The molecule has 0 N–H and O–H groups in total. The van der Waals surface area contributed by atoms with Crippen molar-refractivity contribution in [1.29, 1.82) is 0 Å². The third-order valence-corrected chi connectivity index (χ3v) is 6.58. The van der Waals surface area contributed by atoms with Gasteiger partial charge < -0.3 is 14.5 Å². The molecule has 184 valence electrons. The summed E-state index contributed by atoms with van der Waals surface area (Å²) in [4.78, 5) is 29.8. The van der Waals surface area contributed by atoms with Gasteiger partial charge in [0.2, 0.25) is 5.91 Å². The Morgan fingerprint density at radius 3 is 2.34 bits per heavy atom. The molecule has 1 aromatic heterocycles. The summed E-state index contributed by atoms with van der Waals surface area (Å²) in [6.07, 6.45) is 2.78. The van der Waals surface area contributed by atoms with E-state index < -0.39 is 0 Å². The zero-order valence-electron chi connectivity index (χ0n) is 20.4. The fourth-order valence-electron chi connectivity index (χ4n) is 4.42. The number of hydrogen-bond acceptors (Lipinski definition) is 4. The average molecular weight is 495 g/mol. The topological polar surface area (TPSA) is 67.7 Å². The van der Waals surface area contributed by atoms with Gasteiger partial charge in [0.25, 0.3) is 5.91 Å². The lowest BCUT2D eigenvalue weighted by atomic mass is 10.0. The van der Waals surface area contributed by atoms with Crippen LogP contribution < -0.4 is 4.74 Å². The molecule has 35 heavy (non-hydrogen) atoms. The SMILES string of the molecule is COc1ccc(CCC(=O)N2CCN(C(=O)c3cnn(-c4cccc(Cl)c4)c3C(C)C)CC2)cc1.